The Kier molecular flexibility index (Phi) is 4.65. The van der Waals surface area contributed by atoms with E-state index in [1.165, 1.54) is 16.8 Å². The number of hydrogen-bond acceptors (Lipinski definition) is 3. The van der Waals surface area contributed by atoms with Crippen molar-refractivity contribution < 1.29 is 14.0 Å². The molecule has 2 amide bonds. The summed E-state index contributed by atoms with van der Waals surface area (Å²) in [6.45, 7) is 1.90. The van der Waals surface area contributed by atoms with Gasteiger partial charge in [0.1, 0.15) is 5.82 Å². The van der Waals surface area contributed by atoms with E-state index in [9.17, 15) is 14.0 Å². The van der Waals surface area contributed by atoms with Crippen LogP contribution in [0.3, 0.4) is 0 Å². The van der Waals surface area contributed by atoms with E-state index in [2.05, 4.69) is 15.7 Å². The highest BCUT2D eigenvalue weighted by Crippen LogP contribution is 2.26. The zero-order valence-electron chi connectivity index (χ0n) is 15.3. The Morgan fingerprint density at radius 1 is 1.18 bits per heavy atom. The second-order valence-electron chi connectivity index (χ2n) is 6.78. The van der Waals surface area contributed by atoms with Crippen LogP contribution in [0.15, 0.2) is 54.7 Å². The van der Waals surface area contributed by atoms with Crippen molar-refractivity contribution in [1.82, 2.24) is 15.1 Å². The molecule has 0 bridgehead atoms. The van der Waals surface area contributed by atoms with Crippen molar-refractivity contribution in [3.05, 3.63) is 77.4 Å². The summed E-state index contributed by atoms with van der Waals surface area (Å²) in [5.74, 6) is -0.593. The molecule has 0 radical (unpaired) electrons. The van der Waals surface area contributed by atoms with Gasteiger partial charge in [-0.3, -0.25) is 9.59 Å². The van der Waals surface area contributed by atoms with Crippen LogP contribution in [0.1, 0.15) is 41.0 Å². The number of rotatable bonds is 4. The number of carbonyl (C=O) groups excluding carboxylic acids is 2. The lowest BCUT2D eigenvalue weighted by Crippen LogP contribution is -2.27. The molecule has 0 fully saturated rings. The minimum atomic E-state index is -0.327. The van der Waals surface area contributed by atoms with E-state index in [1.54, 1.807) is 24.4 Å². The molecule has 0 saturated heterocycles. The second kappa shape index (κ2) is 7.26. The monoisotopic (exact) mass is 378 g/mol. The zero-order valence-corrected chi connectivity index (χ0v) is 15.3. The van der Waals surface area contributed by atoms with Crippen LogP contribution in [0.2, 0.25) is 0 Å². The molecule has 2 N–H and O–H groups in total. The van der Waals surface area contributed by atoms with Crippen molar-refractivity contribution in [2.24, 2.45) is 0 Å². The summed E-state index contributed by atoms with van der Waals surface area (Å²) in [6, 6.07) is 13.1. The van der Waals surface area contributed by atoms with Gasteiger partial charge < -0.3 is 10.6 Å². The average molecular weight is 378 g/mol. The first-order chi connectivity index (χ1) is 13.5. The summed E-state index contributed by atoms with van der Waals surface area (Å²) < 4.78 is 14.6. The van der Waals surface area contributed by atoms with Gasteiger partial charge in [0, 0.05) is 18.3 Å². The summed E-state index contributed by atoms with van der Waals surface area (Å²) in [7, 11) is 0. The Labute approximate surface area is 161 Å². The van der Waals surface area contributed by atoms with Crippen molar-refractivity contribution in [3.8, 4) is 5.69 Å². The predicted octanol–water partition coefficient (Wildman–Crippen LogP) is 3.39. The molecule has 2 aromatic carbocycles. The number of carbonyl (C=O) groups is 2. The summed E-state index contributed by atoms with van der Waals surface area (Å²) >= 11 is 0. The van der Waals surface area contributed by atoms with E-state index in [0.717, 1.165) is 16.8 Å². The van der Waals surface area contributed by atoms with Crippen LogP contribution in [-0.2, 0) is 11.2 Å². The predicted molar refractivity (Wildman–Crippen MR) is 103 cm³/mol. The van der Waals surface area contributed by atoms with Gasteiger partial charge in [-0.1, -0.05) is 12.1 Å². The fraction of sp³-hybridized carbons (Fsp3) is 0.190. The van der Waals surface area contributed by atoms with Crippen molar-refractivity contribution in [2.75, 3.05) is 5.32 Å². The molecule has 0 spiro atoms. The van der Waals surface area contributed by atoms with Crippen LogP contribution < -0.4 is 10.6 Å². The van der Waals surface area contributed by atoms with Gasteiger partial charge in [-0.2, -0.15) is 5.10 Å². The van der Waals surface area contributed by atoms with Gasteiger partial charge >= 0.3 is 0 Å². The molecule has 1 aliphatic rings. The number of aromatic nitrogens is 2. The molecule has 28 heavy (non-hydrogen) atoms. The van der Waals surface area contributed by atoms with Gasteiger partial charge in [-0.15, -0.1) is 0 Å². The average Bonchev–Trinajstić information content (AvgIpc) is 3.18. The summed E-state index contributed by atoms with van der Waals surface area (Å²) in [5, 5.41) is 10.1. The number of hydrogen-bond donors (Lipinski definition) is 2. The van der Waals surface area contributed by atoms with Gasteiger partial charge in [0.25, 0.3) is 5.91 Å². The number of aryl methyl sites for hydroxylation is 1. The number of nitrogens with one attached hydrogen (secondary N) is 2. The summed E-state index contributed by atoms with van der Waals surface area (Å²) in [6.07, 6.45) is 2.82. The van der Waals surface area contributed by atoms with E-state index < -0.39 is 0 Å². The second-order valence-corrected chi connectivity index (χ2v) is 6.78. The fourth-order valence-electron chi connectivity index (χ4n) is 3.21. The van der Waals surface area contributed by atoms with E-state index in [-0.39, 0.29) is 29.4 Å². The molecule has 2 heterocycles. The first kappa shape index (κ1) is 17.9. The van der Waals surface area contributed by atoms with Gasteiger partial charge in [0.05, 0.1) is 11.7 Å². The summed E-state index contributed by atoms with van der Waals surface area (Å²) in [4.78, 5) is 24.0. The molecular weight excluding hydrogens is 359 g/mol. The Morgan fingerprint density at radius 2 is 1.96 bits per heavy atom. The highest BCUT2D eigenvalue weighted by atomic mass is 19.1. The van der Waals surface area contributed by atoms with Crippen LogP contribution in [0.25, 0.3) is 5.69 Å². The normalized spacial score (nSPS) is 14.1. The number of fused-ring (bicyclic) bond motifs is 1. The van der Waals surface area contributed by atoms with Crippen LogP contribution in [-0.4, -0.2) is 21.6 Å². The lowest BCUT2D eigenvalue weighted by Gasteiger charge is -2.20. The third-order valence-electron chi connectivity index (χ3n) is 4.79. The molecule has 1 aliphatic heterocycles. The van der Waals surface area contributed by atoms with Gasteiger partial charge in [0.15, 0.2) is 5.69 Å². The van der Waals surface area contributed by atoms with Gasteiger partial charge in [0.2, 0.25) is 5.91 Å². The molecule has 1 unspecified atom stereocenters. The lowest BCUT2D eigenvalue weighted by molar-refractivity contribution is -0.116. The third-order valence-corrected chi connectivity index (χ3v) is 4.79. The molecule has 6 nitrogen and oxygen atoms in total. The van der Waals surface area contributed by atoms with Crippen molar-refractivity contribution >= 4 is 17.5 Å². The molecule has 1 aromatic heterocycles. The van der Waals surface area contributed by atoms with Crippen molar-refractivity contribution in [2.45, 2.75) is 25.8 Å². The smallest absolute Gasteiger partial charge is 0.272 e. The SMILES string of the molecule is CC(NC(=O)c1ccn(-c2ccc(F)cc2)n1)c1ccc2c(c1)CCC(=O)N2. The third kappa shape index (κ3) is 3.64. The minimum Gasteiger partial charge on any atom is -0.344 e. The molecule has 4 rings (SSSR count). The quantitative estimate of drug-likeness (QED) is 0.731. The number of nitrogens with zero attached hydrogens (tertiary/aromatic N) is 2. The molecule has 3 aromatic rings. The maximum Gasteiger partial charge on any atom is 0.272 e. The van der Waals surface area contributed by atoms with Crippen molar-refractivity contribution in [3.63, 3.8) is 0 Å². The first-order valence-corrected chi connectivity index (χ1v) is 9.05. The van der Waals surface area contributed by atoms with Crippen molar-refractivity contribution in [1.29, 1.82) is 0 Å². The maximum atomic E-state index is 13.1. The number of benzene rings is 2. The number of halogens is 1. The van der Waals surface area contributed by atoms with E-state index in [0.29, 0.717) is 18.5 Å². The maximum absolute atomic E-state index is 13.1. The lowest BCUT2D eigenvalue weighted by atomic mass is 9.98. The first-order valence-electron chi connectivity index (χ1n) is 9.05. The molecule has 142 valence electrons. The van der Waals surface area contributed by atoms with E-state index >= 15 is 0 Å². The van der Waals surface area contributed by atoms with Crippen LogP contribution in [0, 0.1) is 5.82 Å². The standard InChI is InChI=1S/C21H19FN4O2/c1-13(14-2-8-18-15(12-14)3-9-20(27)24-18)23-21(28)19-10-11-26(25-19)17-6-4-16(22)5-7-17/h2,4-8,10-13H,3,9H2,1H3,(H,23,28)(H,24,27). The highest BCUT2D eigenvalue weighted by Gasteiger charge is 2.18. The molecule has 1 atom stereocenters. The van der Waals surface area contributed by atoms with Crippen LogP contribution in [0.4, 0.5) is 10.1 Å². The summed E-state index contributed by atoms with van der Waals surface area (Å²) in [5.41, 5.74) is 3.81. The van der Waals surface area contributed by atoms with E-state index in [1.807, 2.05) is 25.1 Å². The zero-order chi connectivity index (χ0) is 19.7. The molecule has 0 aliphatic carbocycles. The minimum absolute atomic E-state index is 0.0262. The number of amides is 2. The largest absolute Gasteiger partial charge is 0.344 e. The molecular formula is C21H19FN4O2. The van der Waals surface area contributed by atoms with Gasteiger partial charge in [-0.05, 0) is 60.9 Å². The Morgan fingerprint density at radius 3 is 2.75 bits per heavy atom. The Hall–Kier alpha value is -3.48. The number of anilines is 1. The molecule has 0 saturated carbocycles. The Bertz CT molecular complexity index is 1040. The van der Waals surface area contributed by atoms with Crippen LogP contribution >= 0.6 is 0 Å². The molecule has 7 heteroatoms. The Balaban J connectivity index is 1.46. The van der Waals surface area contributed by atoms with Gasteiger partial charge in [-0.25, -0.2) is 9.07 Å². The van der Waals surface area contributed by atoms with E-state index in [4.69, 9.17) is 0 Å². The highest BCUT2D eigenvalue weighted by molar-refractivity contribution is 5.94. The topological polar surface area (TPSA) is 76.0 Å². The fourth-order valence-corrected chi connectivity index (χ4v) is 3.21. The van der Waals surface area contributed by atoms with Crippen LogP contribution in [0.5, 0.6) is 0 Å².